The second-order valence-corrected chi connectivity index (χ2v) is 11.6. The van der Waals surface area contributed by atoms with Gasteiger partial charge in [0, 0.05) is 43.5 Å². The maximum absolute atomic E-state index is 13.5. The van der Waals surface area contributed by atoms with Crippen LogP contribution in [0.25, 0.3) is 10.6 Å². The second kappa shape index (κ2) is 9.57. The van der Waals surface area contributed by atoms with Crippen LogP contribution in [0, 0.1) is 18.8 Å². The van der Waals surface area contributed by atoms with Gasteiger partial charge in [0.1, 0.15) is 23.4 Å². The van der Waals surface area contributed by atoms with E-state index in [4.69, 9.17) is 4.52 Å². The van der Waals surface area contributed by atoms with E-state index in [1.54, 1.807) is 43.6 Å². The topological polar surface area (TPSA) is 166 Å². The van der Waals surface area contributed by atoms with E-state index >= 15 is 0 Å². The fraction of sp³-hybridized carbons (Fsp3) is 0.480. The van der Waals surface area contributed by atoms with Crippen molar-refractivity contribution in [3.63, 3.8) is 0 Å². The first-order valence-electron chi connectivity index (χ1n) is 13.3. The van der Waals surface area contributed by atoms with Crippen LogP contribution in [-0.2, 0) is 16.1 Å². The molecule has 3 fully saturated rings. The van der Waals surface area contributed by atoms with E-state index in [0.717, 1.165) is 41.3 Å². The Kier molecular flexibility index (Phi) is 5.95. The van der Waals surface area contributed by atoms with Crippen molar-refractivity contribution >= 4 is 47.3 Å². The number of nitrogens with zero attached hydrogens (tertiary/aromatic N) is 10. The Labute approximate surface area is 238 Å². The third kappa shape index (κ3) is 4.47. The maximum Gasteiger partial charge on any atom is 0.328 e. The SMILES string of the molecule is Cc1noc(CN2C(=O)C3C(N=CN3[C@@H](C)C(=O)Nc3csc(-c4cnc(N5CC6CC6C5)nc4)n3)N(C)C2=O)n1. The van der Waals surface area contributed by atoms with Crippen molar-refractivity contribution in [2.45, 2.75) is 45.1 Å². The molecule has 16 heteroatoms. The minimum atomic E-state index is -0.884. The maximum atomic E-state index is 13.5. The highest BCUT2D eigenvalue weighted by atomic mass is 32.1. The van der Waals surface area contributed by atoms with Crippen molar-refractivity contribution in [1.82, 2.24) is 39.8 Å². The zero-order chi connectivity index (χ0) is 28.4. The van der Waals surface area contributed by atoms with Gasteiger partial charge in [-0.3, -0.25) is 14.5 Å². The van der Waals surface area contributed by atoms with E-state index in [1.165, 1.54) is 29.0 Å². The summed E-state index contributed by atoms with van der Waals surface area (Å²) < 4.78 is 5.11. The highest BCUT2D eigenvalue weighted by Gasteiger charge is 2.52. The van der Waals surface area contributed by atoms with Crippen LogP contribution in [0.15, 0.2) is 27.3 Å². The molecule has 0 aromatic carbocycles. The third-order valence-corrected chi connectivity index (χ3v) is 8.89. The predicted octanol–water partition coefficient (Wildman–Crippen LogP) is 1.21. The monoisotopic (exact) mass is 577 g/mol. The van der Waals surface area contributed by atoms with Crippen LogP contribution in [0.2, 0.25) is 0 Å². The van der Waals surface area contributed by atoms with Crippen LogP contribution in [0.3, 0.4) is 0 Å². The van der Waals surface area contributed by atoms with Crippen LogP contribution in [-0.4, -0.2) is 102 Å². The number of carbonyl (C=O) groups is 3. The number of piperidine rings is 1. The molecular weight excluding hydrogens is 550 g/mol. The number of amides is 4. The predicted molar refractivity (Wildman–Crippen MR) is 146 cm³/mol. The van der Waals surface area contributed by atoms with E-state index in [0.29, 0.717) is 16.6 Å². The standard InChI is InChI=1S/C25H27N11O4S/c1-12(36-11-28-20-19(36)23(38)35(25(39)33(20)3)9-18-29-13(2)32-40-18)21(37)30-17-10-41-22(31-17)16-5-26-24(27-6-16)34-7-14-4-15(14)8-34/h5-6,10-12,14-15,19-20H,4,7-9H2,1-3H3,(H,30,37)/t12-,14?,15?,19?,20?/m0/s1. The van der Waals surface area contributed by atoms with Crippen molar-refractivity contribution in [3.05, 3.63) is 29.5 Å². The highest BCUT2D eigenvalue weighted by Crippen LogP contribution is 2.45. The van der Waals surface area contributed by atoms with Gasteiger partial charge in [0.05, 0.1) is 6.34 Å². The van der Waals surface area contributed by atoms with Crippen molar-refractivity contribution in [2.24, 2.45) is 16.8 Å². The van der Waals surface area contributed by atoms with Gasteiger partial charge in [0.15, 0.2) is 18.0 Å². The Morgan fingerprint density at radius 3 is 2.66 bits per heavy atom. The number of imide groups is 1. The van der Waals surface area contributed by atoms with Gasteiger partial charge in [-0.1, -0.05) is 5.16 Å². The van der Waals surface area contributed by atoms with Crippen LogP contribution >= 0.6 is 11.3 Å². The molecule has 2 saturated heterocycles. The van der Waals surface area contributed by atoms with Crippen LogP contribution in [0.5, 0.6) is 0 Å². The van der Waals surface area contributed by atoms with E-state index in [2.05, 4.69) is 40.3 Å². The first kappa shape index (κ1) is 25.5. The molecule has 41 heavy (non-hydrogen) atoms. The normalized spacial score (nSPS) is 25.5. The Hall–Kier alpha value is -4.47. The molecule has 1 aliphatic carbocycles. The summed E-state index contributed by atoms with van der Waals surface area (Å²) in [5, 5.41) is 8.97. The van der Waals surface area contributed by atoms with E-state index < -0.39 is 30.2 Å². The third-order valence-electron chi connectivity index (χ3n) is 8.00. The molecule has 1 saturated carbocycles. The summed E-state index contributed by atoms with van der Waals surface area (Å²) in [5.74, 6) is 2.36. The number of aryl methyl sites for hydroxylation is 1. The van der Waals surface area contributed by atoms with Crippen molar-refractivity contribution < 1.29 is 18.9 Å². The fourth-order valence-corrected chi connectivity index (χ4v) is 6.32. The number of carbonyl (C=O) groups excluding carboxylic acids is 3. The molecule has 4 aliphatic rings. The molecule has 4 amide bonds. The zero-order valence-electron chi connectivity index (χ0n) is 22.5. The van der Waals surface area contributed by atoms with E-state index in [9.17, 15) is 14.4 Å². The van der Waals surface area contributed by atoms with Gasteiger partial charge < -0.3 is 24.5 Å². The molecule has 0 bridgehead atoms. The lowest BCUT2D eigenvalue weighted by molar-refractivity contribution is -0.139. The summed E-state index contributed by atoms with van der Waals surface area (Å²) in [6.45, 7) is 5.18. The lowest BCUT2D eigenvalue weighted by Crippen LogP contribution is -2.66. The average molecular weight is 578 g/mol. The first-order chi connectivity index (χ1) is 19.8. The minimum Gasteiger partial charge on any atom is -0.340 e. The number of nitrogens with one attached hydrogen (secondary N) is 1. The number of anilines is 2. The summed E-state index contributed by atoms with van der Waals surface area (Å²) in [4.78, 5) is 67.9. The molecule has 15 nitrogen and oxygen atoms in total. The Morgan fingerprint density at radius 2 is 1.95 bits per heavy atom. The van der Waals surface area contributed by atoms with Gasteiger partial charge in [-0.2, -0.15) is 4.98 Å². The van der Waals surface area contributed by atoms with Gasteiger partial charge in [0.25, 0.3) is 5.91 Å². The van der Waals surface area contributed by atoms with E-state index in [1.807, 2.05) is 0 Å². The molecule has 0 spiro atoms. The van der Waals surface area contributed by atoms with Gasteiger partial charge >= 0.3 is 6.03 Å². The molecular formula is C25H27N11O4S. The summed E-state index contributed by atoms with van der Waals surface area (Å²) in [6.07, 6.45) is 5.52. The Bertz CT molecular complexity index is 1540. The van der Waals surface area contributed by atoms with Gasteiger partial charge in [-0.15, -0.1) is 11.3 Å². The van der Waals surface area contributed by atoms with Crippen molar-refractivity contribution in [3.8, 4) is 10.6 Å². The molecule has 3 aromatic rings. The molecule has 212 valence electrons. The fourth-order valence-electron chi connectivity index (χ4n) is 5.59. The molecule has 0 radical (unpaired) electrons. The molecule has 4 unspecified atom stereocenters. The van der Waals surface area contributed by atoms with Gasteiger partial charge in [0.2, 0.25) is 17.7 Å². The van der Waals surface area contributed by atoms with Crippen LogP contribution in [0.1, 0.15) is 25.1 Å². The number of thiazole rings is 1. The number of urea groups is 1. The number of aliphatic imine (C=N–C) groups is 1. The molecule has 6 heterocycles. The number of hydrogen-bond donors (Lipinski definition) is 1. The van der Waals surface area contributed by atoms with Crippen LogP contribution in [0.4, 0.5) is 16.6 Å². The quantitative estimate of drug-likeness (QED) is 0.429. The Morgan fingerprint density at radius 1 is 1.20 bits per heavy atom. The van der Waals surface area contributed by atoms with Crippen LogP contribution < -0.4 is 10.2 Å². The molecule has 1 N–H and O–H groups in total. The largest absolute Gasteiger partial charge is 0.340 e. The molecule has 3 aromatic heterocycles. The zero-order valence-corrected chi connectivity index (χ0v) is 23.4. The second-order valence-electron chi connectivity index (χ2n) is 10.8. The highest BCUT2D eigenvalue weighted by molar-refractivity contribution is 7.13. The summed E-state index contributed by atoms with van der Waals surface area (Å²) >= 11 is 1.37. The molecule has 5 atom stereocenters. The summed E-state index contributed by atoms with van der Waals surface area (Å²) in [6, 6.07) is -2.20. The number of aromatic nitrogens is 5. The number of hydrogen-bond acceptors (Lipinski definition) is 13. The van der Waals surface area contributed by atoms with Gasteiger partial charge in [-0.05, 0) is 32.1 Å². The number of fused-ring (bicyclic) bond motifs is 2. The Balaban J connectivity index is 1.02. The molecule has 3 aliphatic heterocycles. The lowest BCUT2D eigenvalue weighted by Gasteiger charge is -2.41. The van der Waals surface area contributed by atoms with Gasteiger partial charge in [-0.25, -0.2) is 24.7 Å². The van der Waals surface area contributed by atoms with Crippen molar-refractivity contribution in [1.29, 1.82) is 0 Å². The smallest absolute Gasteiger partial charge is 0.328 e. The van der Waals surface area contributed by atoms with Crippen molar-refractivity contribution in [2.75, 3.05) is 30.4 Å². The number of rotatable bonds is 7. The van der Waals surface area contributed by atoms with E-state index in [-0.39, 0.29) is 18.3 Å². The average Bonchev–Trinajstić information content (AvgIpc) is 3.48. The molecule has 7 rings (SSSR count). The first-order valence-corrected chi connectivity index (χ1v) is 14.2. The summed E-state index contributed by atoms with van der Waals surface area (Å²) in [7, 11) is 1.56. The lowest BCUT2D eigenvalue weighted by atomic mass is 10.1. The number of likely N-dealkylation sites (N-methyl/N-ethyl adjacent to an activating group) is 1. The minimum absolute atomic E-state index is 0.138. The summed E-state index contributed by atoms with van der Waals surface area (Å²) in [5.41, 5.74) is 0.767.